The van der Waals surface area contributed by atoms with Gasteiger partial charge >= 0.3 is 0 Å². The van der Waals surface area contributed by atoms with Crippen LogP contribution in [0.4, 0.5) is 0 Å². The molecule has 98 valence electrons. The number of ketones is 1. The van der Waals surface area contributed by atoms with E-state index in [1.165, 1.54) is 23.5 Å². The second kappa shape index (κ2) is 5.53. The fraction of sp³-hybridized carbons (Fsp3) is 0.0769. The Morgan fingerprint density at radius 3 is 2.58 bits per heavy atom. The number of nitrogens with one attached hydrogen (secondary N) is 1. The molecule has 6 heteroatoms. The quantitative estimate of drug-likeness (QED) is 0.450. The standard InChI is InChI=1S/C13H11NO4S/c15-9-4-3-8(6-10(9)16)7-14-13(18)12(17)11-2-1-5-19-11/h1-6,15-16H,7H2,(H,14,18). The summed E-state index contributed by atoms with van der Waals surface area (Å²) in [5.41, 5.74) is 0.586. The zero-order valence-electron chi connectivity index (χ0n) is 9.79. The van der Waals surface area contributed by atoms with Gasteiger partial charge in [0, 0.05) is 6.54 Å². The molecule has 0 aliphatic carbocycles. The average molecular weight is 277 g/mol. The van der Waals surface area contributed by atoms with Crippen LogP contribution < -0.4 is 5.32 Å². The molecule has 0 saturated heterocycles. The predicted octanol–water partition coefficient (Wildman–Crippen LogP) is 1.66. The smallest absolute Gasteiger partial charge is 0.293 e. The van der Waals surface area contributed by atoms with E-state index in [4.69, 9.17) is 5.11 Å². The third-order valence-corrected chi connectivity index (χ3v) is 3.31. The number of rotatable bonds is 4. The third kappa shape index (κ3) is 3.11. The molecule has 1 amide bonds. The molecule has 0 fully saturated rings. The fourth-order valence-corrected chi connectivity index (χ4v) is 2.12. The lowest BCUT2D eigenvalue weighted by Gasteiger charge is -2.05. The van der Waals surface area contributed by atoms with Crippen LogP contribution in [-0.2, 0) is 11.3 Å². The highest BCUT2D eigenvalue weighted by Gasteiger charge is 2.16. The summed E-state index contributed by atoms with van der Waals surface area (Å²) >= 11 is 1.20. The van der Waals surface area contributed by atoms with Gasteiger partial charge in [0.2, 0.25) is 0 Å². The Labute approximate surface area is 113 Å². The van der Waals surface area contributed by atoms with Crippen LogP contribution in [-0.4, -0.2) is 21.9 Å². The Bertz CT molecular complexity index is 607. The molecule has 0 aliphatic rings. The summed E-state index contributed by atoms with van der Waals surface area (Å²) in [4.78, 5) is 23.6. The molecule has 0 aliphatic heterocycles. The second-order valence-electron chi connectivity index (χ2n) is 3.81. The number of carbonyl (C=O) groups excluding carboxylic acids is 2. The van der Waals surface area contributed by atoms with Crippen LogP contribution in [0.2, 0.25) is 0 Å². The highest BCUT2D eigenvalue weighted by atomic mass is 32.1. The number of Topliss-reactive ketones (excluding diaryl/α,β-unsaturated/α-hetero) is 1. The maximum Gasteiger partial charge on any atom is 0.293 e. The van der Waals surface area contributed by atoms with Gasteiger partial charge in [-0.25, -0.2) is 0 Å². The zero-order valence-corrected chi connectivity index (χ0v) is 10.6. The van der Waals surface area contributed by atoms with Crippen LogP contribution in [0.1, 0.15) is 15.2 Å². The van der Waals surface area contributed by atoms with Gasteiger partial charge in [-0.2, -0.15) is 0 Å². The zero-order chi connectivity index (χ0) is 13.8. The number of aromatic hydroxyl groups is 2. The molecule has 1 aromatic heterocycles. The van der Waals surface area contributed by atoms with Crippen LogP contribution in [0.25, 0.3) is 0 Å². The number of phenols is 2. The SMILES string of the molecule is O=C(NCc1ccc(O)c(O)c1)C(=O)c1cccs1. The number of phenolic OH excluding ortho intramolecular Hbond substituents is 2. The Balaban J connectivity index is 1.97. The molecular weight excluding hydrogens is 266 g/mol. The van der Waals surface area contributed by atoms with Gasteiger partial charge in [0.05, 0.1) is 4.88 Å². The molecule has 19 heavy (non-hydrogen) atoms. The lowest BCUT2D eigenvalue weighted by molar-refractivity contribution is -0.117. The molecule has 5 nitrogen and oxygen atoms in total. The average Bonchev–Trinajstić information content (AvgIpc) is 2.93. The number of hydrogen-bond acceptors (Lipinski definition) is 5. The lowest BCUT2D eigenvalue weighted by atomic mass is 10.2. The summed E-state index contributed by atoms with van der Waals surface area (Å²) in [5.74, 6) is -1.78. The molecule has 2 rings (SSSR count). The van der Waals surface area contributed by atoms with Gasteiger partial charge in [0.25, 0.3) is 11.7 Å². The van der Waals surface area contributed by atoms with Crippen LogP contribution in [0.5, 0.6) is 11.5 Å². The van der Waals surface area contributed by atoms with Crippen LogP contribution >= 0.6 is 11.3 Å². The van der Waals surface area contributed by atoms with Gasteiger partial charge in [-0.1, -0.05) is 12.1 Å². The molecule has 0 saturated carbocycles. The normalized spacial score (nSPS) is 10.1. The number of thiophene rings is 1. The first-order valence-electron chi connectivity index (χ1n) is 5.45. The van der Waals surface area contributed by atoms with Crippen molar-refractivity contribution < 1.29 is 19.8 Å². The van der Waals surface area contributed by atoms with Gasteiger partial charge in [-0.05, 0) is 29.1 Å². The molecule has 0 spiro atoms. The van der Waals surface area contributed by atoms with E-state index in [2.05, 4.69) is 5.32 Å². The summed E-state index contributed by atoms with van der Waals surface area (Å²) in [5, 5.41) is 22.6. The van der Waals surface area contributed by atoms with E-state index in [0.29, 0.717) is 10.4 Å². The molecule has 3 N–H and O–H groups in total. The van der Waals surface area contributed by atoms with Gasteiger partial charge < -0.3 is 15.5 Å². The maximum absolute atomic E-state index is 11.7. The molecule has 0 radical (unpaired) electrons. The van der Waals surface area contributed by atoms with Gasteiger partial charge in [0.1, 0.15) is 0 Å². The van der Waals surface area contributed by atoms with E-state index in [0.717, 1.165) is 0 Å². The van der Waals surface area contributed by atoms with Crippen LogP contribution in [0, 0.1) is 0 Å². The minimum atomic E-state index is -0.699. The van der Waals surface area contributed by atoms with Crippen molar-refractivity contribution in [3.05, 3.63) is 46.2 Å². The molecule has 0 atom stereocenters. The minimum Gasteiger partial charge on any atom is -0.504 e. The van der Waals surface area contributed by atoms with Crippen molar-refractivity contribution in [2.45, 2.75) is 6.54 Å². The third-order valence-electron chi connectivity index (χ3n) is 2.44. The minimum absolute atomic E-state index is 0.101. The molecule has 1 aromatic carbocycles. The first kappa shape index (κ1) is 13.1. The number of carbonyl (C=O) groups is 2. The topological polar surface area (TPSA) is 86.6 Å². The highest BCUT2D eigenvalue weighted by Crippen LogP contribution is 2.24. The second-order valence-corrected chi connectivity index (χ2v) is 4.76. The van der Waals surface area contributed by atoms with Gasteiger partial charge in [0.15, 0.2) is 11.5 Å². The summed E-state index contributed by atoms with van der Waals surface area (Å²) in [6, 6.07) is 7.47. The summed E-state index contributed by atoms with van der Waals surface area (Å²) in [7, 11) is 0. The van der Waals surface area contributed by atoms with Crippen LogP contribution in [0.3, 0.4) is 0 Å². The van der Waals surface area contributed by atoms with Gasteiger partial charge in [-0.15, -0.1) is 11.3 Å². The van der Waals surface area contributed by atoms with E-state index in [1.54, 1.807) is 23.6 Å². The molecular formula is C13H11NO4S. The van der Waals surface area contributed by atoms with Crippen molar-refractivity contribution in [3.8, 4) is 11.5 Å². The van der Waals surface area contributed by atoms with Crippen molar-refractivity contribution in [2.24, 2.45) is 0 Å². The molecule has 0 bridgehead atoms. The number of hydrogen-bond donors (Lipinski definition) is 3. The number of benzene rings is 1. The summed E-state index contributed by atoms with van der Waals surface area (Å²) in [6.45, 7) is 0.101. The molecule has 1 heterocycles. The fourth-order valence-electron chi connectivity index (χ4n) is 1.46. The first-order chi connectivity index (χ1) is 9.08. The summed E-state index contributed by atoms with van der Waals surface area (Å²) in [6.07, 6.45) is 0. The van der Waals surface area contributed by atoms with Crippen molar-refractivity contribution >= 4 is 23.0 Å². The summed E-state index contributed by atoms with van der Waals surface area (Å²) < 4.78 is 0. The lowest BCUT2D eigenvalue weighted by Crippen LogP contribution is -2.30. The van der Waals surface area contributed by atoms with Crippen LogP contribution in [0.15, 0.2) is 35.7 Å². The Morgan fingerprint density at radius 2 is 1.95 bits per heavy atom. The highest BCUT2D eigenvalue weighted by molar-refractivity contribution is 7.13. The van der Waals surface area contributed by atoms with E-state index in [9.17, 15) is 14.7 Å². The molecule has 2 aromatic rings. The largest absolute Gasteiger partial charge is 0.504 e. The Kier molecular flexibility index (Phi) is 3.82. The van der Waals surface area contributed by atoms with E-state index in [1.807, 2.05) is 0 Å². The van der Waals surface area contributed by atoms with Crippen molar-refractivity contribution in [1.82, 2.24) is 5.32 Å². The van der Waals surface area contributed by atoms with Crippen molar-refractivity contribution in [2.75, 3.05) is 0 Å². The maximum atomic E-state index is 11.7. The Hall–Kier alpha value is -2.34. The predicted molar refractivity (Wildman–Crippen MR) is 70.3 cm³/mol. The van der Waals surface area contributed by atoms with E-state index in [-0.39, 0.29) is 18.0 Å². The van der Waals surface area contributed by atoms with Crippen molar-refractivity contribution in [1.29, 1.82) is 0 Å². The van der Waals surface area contributed by atoms with Gasteiger partial charge in [-0.3, -0.25) is 9.59 Å². The first-order valence-corrected chi connectivity index (χ1v) is 6.33. The van der Waals surface area contributed by atoms with E-state index < -0.39 is 11.7 Å². The van der Waals surface area contributed by atoms with Crippen molar-refractivity contribution in [3.63, 3.8) is 0 Å². The Morgan fingerprint density at radius 1 is 1.16 bits per heavy atom. The number of amides is 1. The monoisotopic (exact) mass is 277 g/mol. The molecule has 0 unspecified atom stereocenters. The van der Waals surface area contributed by atoms with E-state index >= 15 is 0 Å².